The first-order chi connectivity index (χ1) is 7.25. The molecule has 0 aromatic rings. The smallest absolute Gasteiger partial charge is 0.308 e. The van der Waals surface area contributed by atoms with Crippen molar-refractivity contribution in [2.75, 3.05) is 0 Å². The summed E-state index contributed by atoms with van der Waals surface area (Å²) in [6, 6.07) is 0. The molecule has 8 heteroatoms. The Hall–Kier alpha value is -2.38. The van der Waals surface area contributed by atoms with Crippen molar-refractivity contribution in [2.45, 2.75) is 13.8 Å². The normalized spacial score (nSPS) is 11.1. The molecule has 0 saturated heterocycles. The van der Waals surface area contributed by atoms with E-state index in [9.17, 15) is 29.4 Å². The van der Waals surface area contributed by atoms with E-state index >= 15 is 0 Å². The van der Waals surface area contributed by atoms with Crippen LogP contribution in [0.1, 0.15) is 13.8 Å². The number of aliphatic carboxylic acids is 2. The Morgan fingerprint density at radius 3 is 1.12 bits per heavy atom. The lowest BCUT2D eigenvalue weighted by Crippen LogP contribution is -2.35. The minimum Gasteiger partial charge on any atom is -0.541 e. The first-order valence-electron chi connectivity index (χ1n) is 3.79. The maximum atomic E-state index is 10.5. The van der Waals surface area contributed by atoms with Crippen LogP contribution in [-0.4, -0.2) is 23.9 Å². The second-order valence-corrected chi connectivity index (χ2v) is 2.42. The van der Waals surface area contributed by atoms with Gasteiger partial charge in [0.05, 0.1) is 0 Å². The second-order valence-electron chi connectivity index (χ2n) is 2.42. The summed E-state index contributed by atoms with van der Waals surface area (Å²) in [5.41, 5.74) is 0. The standard InChI is InChI=1S/C8H8O8/c1-3(9)15-5(7(11)12)6(8(13)14)16-4(2)10/h1-2H3,(H,11,12)(H,13,14)/p-2/b6-5+. The van der Waals surface area contributed by atoms with Gasteiger partial charge in [-0.1, -0.05) is 0 Å². The third kappa shape index (κ3) is 4.22. The van der Waals surface area contributed by atoms with E-state index in [1.165, 1.54) is 0 Å². The molecule has 0 unspecified atom stereocenters. The van der Waals surface area contributed by atoms with E-state index in [4.69, 9.17) is 0 Å². The predicted octanol–water partition coefficient (Wildman–Crippen LogP) is -3.18. The topological polar surface area (TPSA) is 133 Å². The summed E-state index contributed by atoms with van der Waals surface area (Å²) < 4.78 is 8.03. The molecular weight excluding hydrogens is 224 g/mol. The molecule has 0 atom stereocenters. The fraction of sp³-hybridized carbons (Fsp3) is 0.250. The zero-order chi connectivity index (χ0) is 12.9. The van der Waals surface area contributed by atoms with E-state index < -0.39 is 35.4 Å². The van der Waals surface area contributed by atoms with Crippen molar-refractivity contribution >= 4 is 23.9 Å². The van der Waals surface area contributed by atoms with E-state index in [1.807, 2.05) is 0 Å². The highest BCUT2D eigenvalue weighted by Gasteiger charge is 2.16. The number of carbonyl (C=O) groups is 4. The van der Waals surface area contributed by atoms with Crippen LogP contribution >= 0.6 is 0 Å². The van der Waals surface area contributed by atoms with Crippen LogP contribution in [-0.2, 0) is 28.7 Å². The number of carbonyl (C=O) groups excluding carboxylic acids is 4. The van der Waals surface area contributed by atoms with Crippen molar-refractivity contribution < 1.29 is 38.9 Å². The summed E-state index contributed by atoms with van der Waals surface area (Å²) in [5.74, 6) is -9.35. The average molecular weight is 230 g/mol. The van der Waals surface area contributed by atoms with Gasteiger partial charge in [-0.25, -0.2) is 0 Å². The molecule has 0 N–H and O–H groups in total. The number of hydrogen-bond donors (Lipinski definition) is 0. The number of carboxylic acid groups (broad SMARTS) is 2. The molecule has 0 aromatic heterocycles. The van der Waals surface area contributed by atoms with Crippen molar-refractivity contribution in [1.82, 2.24) is 0 Å². The van der Waals surface area contributed by atoms with E-state index in [0.717, 1.165) is 13.8 Å². The summed E-state index contributed by atoms with van der Waals surface area (Å²) in [5, 5.41) is 20.9. The lowest BCUT2D eigenvalue weighted by molar-refractivity contribution is -0.309. The third-order valence-electron chi connectivity index (χ3n) is 1.07. The van der Waals surface area contributed by atoms with Gasteiger partial charge in [-0.05, 0) is 0 Å². The van der Waals surface area contributed by atoms with Crippen molar-refractivity contribution in [3.8, 4) is 0 Å². The molecule has 0 amide bonds. The van der Waals surface area contributed by atoms with Gasteiger partial charge in [-0.3, -0.25) is 9.59 Å². The zero-order valence-corrected chi connectivity index (χ0v) is 8.27. The summed E-state index contributed by atoms with van der Waals surface area (Å²) in [7, 11) is 0. The van der Waals surface area contributed by atoms with Gasteiger partial charge >= 0.3 is 11.9 Å². The molecule has 0 aromatic carbocycles. The Morgan fingerprint density at radius 1 is 0.750 bits per heavy atom. The maximum Gasteiger partial charge on any atom is 0.308 e. The minimum absolute atomic E-state index is 0.823. The molecule has 0 bridgehead atoms. The number of esters is 2. The Morgan fingerprint density at radius 2 is 1.00 bits per heavy atom. The quantitative estimate of drug-likeness (QED) is 0.280. The number of ether oxygens (including phenoxy) is 2. The third-order valence-corrected chi connectivity index (χ3v) is 1.07. The van der Waals surface area contributed by atoms with Crippen molar-refractivity contribution in [1.29, 1.82) is 0 Å². The fourth-order valence-electron chi connectivity index (χ4n) is 0.649. The van der Waals surface area contributed by atoms with Crippen LogP contribution in [0, 0.1) is 0 Å². The first kappa shape index (κ1) is 13.6. The molecular formula is C8H6O8-2. The largest absolute Gasteiger partial charge is 0.541 e. The molecule has 0 aliphatic carbocycles. The molecule has 0 rings (SSSR count). The monoisotopic (exact) mass is 230 g/mol. The van der Waals surface area contributed by atoms with Gasteiger partial charge in [0, 0.05) is 13.8 Å². The van der Waals surface area contributed by atoms with Crippen molar-refractivity contribution in [2.24, 2.45) is 0 Å². The average Bonchev–Trinajstić information content (AvgIpc) is 2.09. The predicted molar refractivity (Wildman–Crippen MR) is 40.6 cm³/mol. The van der Waals surface area contributed by atoms with Crippen molar-refractivity contribution in [3.63, 3.8) is 0 Å². The Balaban J connectivity index is 5.43. The van der Waals surface area contributed by atoms with Crippen LogP contribution in [0.25, 0.3) is 0 Å². The lowest BCUT2D eigenvalue weighted by Gasteiger charge is -2.14. The van der Waals surface area contributed by atoms with E-state index in [1.54, 1.807) is 0 Å². The highest BCUT2D eigenvalue weighted by Crippen LogP contribution is 2.08. The van der Waals surface area contributed by atoms with Gasteiger partial charge in [0.2, 0.25) is 0 Å². The summed E-state index contributed by atoms with van der Waals surface area (Å²) in [6.07, 6.45) is 0. The molecule has 88 valence electrons. The number of carboxylic acids is 2. The van der Waals surface area contributed by atoms with Gasteiger partial charge in [0.1, 0.15) is 11.9 Å². The highest BCUT2D eigenvalue weighted by molar-refractivity contribution is 5.97. The Labute approximate surface area is 89.1 Å². The van der Waals surface area contributed by atoms with Gasteiger partial charge in [-0.2, -0.15) is 0 Å². The van der Waals surface area contributed by atoms with Gasteiger partial charge in [0.15, 0.2) is 11.5 Å². The first-order valence-corrected chi connectivity index (χ1v) is 3.79. The highest BCUT2D eigenvalue weighted by atomic mass is 16.6. The molecule has 0 fully saturated rings. The van der Waals surface area contributed by atoms with Gasteiger partial charge in [-0.15, -0.1) is 0 Å². The molecule has 0 aliphatic rings. The summed E-state index contributed by atoms with van der Waals surface area (Å²) >= 11 is 0. The fourth-order valence-corrected chi connectivity index (χ4v) is 0.649. The molecule has 0 aliphatic heterocycles. The van der Waals surface area contributed by atoms with E-state index in [-0.39, 0.29) is 0 Å². The molecule has 16 heavy (non-hydrogen) atoms. The lowest BCUT2D eigenvalue weighted by atomic mass is 10.4. The van der Waals surface area contributed by atoms with Crippen LogP contribution in [0.15, 0.2) is 11.5 Å². The SMILES string of the molecule is CC(=O)O/C(C(=O)[O-])=C(/OC(C)=O)C(=O)[O-]. The zero-order valence-electron chi connectivity index (χ0n) is 8.27. The van der Waals surface area contributed by atoms with E-state index in [0.29, 0.717) is 0 Å². The summed E-state index contributed by atoms with van der Waals surface area (Å²) in [6.45, 7) is 1.65. The Kier molecular flexibility index (Phi) is 4.67. The van der Waals surface area contributed by atoms with E-state index in [2.05, 4.69) is 9.47 Å². The Bertz CT molecular complexity index is 341. The van der Waals surface area contributed by atoms with Crippen molar-refractivity contribution in [3.05, 3.63) is 11.5 Å². The van der Waals surface area contributed by atoms with Gasteiger partial charge in [0.25, 0.3) is 0 Å². The number of rotatable bonds is 4. The maximum absolute atomic E-state index is 10.5. The molecule has 0 heterocycles. The second kappa shape index (κ2) is 5.49. The van der Waals surface area contributed by atoms with Crippen LogP contribution in [0.2, 0.25) is 0 Å². The van der Waals surface area contributed by atoms with Crippen LogP contribution in [0.3, 0.4) is 0 Å². The minimum atomic E-state index is -2.13. The molecule has 0 saturated carbocycles. The van der Waals surface area contributed by atoms with Crippen LogP contribution in [0.4, 0.5) is 0 Å². The van der Waals surface area contributed by atoms with Crippen LogP contribution < -0.4 is 10.2 Å². The molecule has 8 nitrogen and oxygen atoms in total. The van der Waals surface area contributed by atoms with Crippen LogP contribution in [0.5, 0.6) is 0 Å². The number of hydrogen-bond acceptors (Lipinski definition) is 8. The van der Waals surface area contributed by atoms with Gasteiger partial charge < -0.3 is 29.3 Å². The summed E-state index contributed by atoms with van der Waals surface area (Å²) in [4.78, 5) is 41.8. The molecule has 0 spiro atoms. The molecule has 0 radical (unpaired) electrons.